The van der Waals surface area contributed by atoms with E-state index in [0.29, 0.717) is 11.7 Å². The summed E-state index contributed by atoms with van der Waals surface area (Å²) < 4.78 is 18.6. The molecular formula is C16H16FN3O3S. The van der Waals surface area contributed by atoms with E-state index < -0.39 is 23.8 Å². The number of nitrogens with one attached hydrogen (secondary N) is 2. The number of ether oxygens (including phenoxy) is 1. The molecule has 0 saturated carbocycles. The molecule has 8 heteroatoms. The number of benzene rings is 1. The van der Waals surface area contributed by atoms with Gasteiger partial charge in [-0.3, -0.25) is 4.79 Å². The number of hydrogen-bond acceptors (Lipinski definition) is 6. The van der Waals surface area contributed by atoms with Crippen molar-refractivity contribution in [3.05, 3.63) is 53.8 Å². The van der Waals surface area contributed by atoms with Gasteiger partial charge in [0.25, 0.3) is 5.91 Å². The second-order valence-corrected chi connectivity index (χ2v) is 5.58. The summed E-state index contributed by atoms with van der Waals surface area (Å²) in [7, 11) is 0. The number of halogens is 1. The number of carbonyl (C=O) groups excluding carboxylic acids is 2. The summed E-state index contributed by atoms with van der Waals surface area (Å²) in [4.78, 5) is 28.0. The molecule has 0 saturated heterocycles. The topological polar surface area (TPSA) is 80.3 Å². The molecule has 2 N–H and O–H groups in total. The van der Waals surface area contributed by atoms with E-state index in [1.165, 1.54) is 41.8 Å². The summed E-state index contributed by atoms with van der Waals surface area (Å²) in [5, 5.41) is 7.38. The number of carbonyl (C=O) groups is 2. The van der Waals surface area contributed by atoms with Crippen LogP contribution in [-0.4, -0.2) is 29.5 Å². The summed E-state index contributed by atoms with van der Waals surface area (Å²) in [5.74, 6) is -1.93. The van der Waals surface area contributed by atoms with Gasteiger partial charge < -0.3 is 15.4 Å². The fourth-order valence-electron chi connectivity index (χ4n) is 1.68. The van der Waals surface area contributed by atoms with Crippen molar-refractivity contribution >= 4 is 34.0 Å². The third-order valence-electron chi connectivity index (χ3n) is 2.90. The molecule has 1 aromatic carbocycles. The van der Waals surface area contributed by atoms with E-state index in [4.69, 9.17) is 4.74 Å². The standard InChI is InChI=1S/C16H16FN3O3S/c1-3-8-18-16-20-13(9-24-16)15(22)23-10(2)14(21)19-12-7-5-4-6-11(12)17/h3-7,9-10H,1,8H2,2H3,(H,18,20)(H,19,21). The predicted molar refractivity (Wildman–Crippen MR) is 90.7 cm³/mol. The maximum atomic E-state index is 13.5. The second-order valence-electron chi connectivity index (χ2n) is 4.72. The molecule has 126 valence electrons. The van der Waals surface area contributed by atoms with Gasteiger partial charge in [0.2, 0.25) is 0 Å². The fourth-order valence-corrected chi connectivity index (χ4v) is 2.37. The molecule has 0 aliphatic carbocycles. The lowest BCUT2D eigenvalue weighted by Crippen LogP contribution is -2.30. The number of anilines is 2. The molecule has 0 fully saturated rings. The van der Waals surface area contributed by atoms with E-state index in [1.54, 1.807) is 12.1 Å². The van der Waals surface area contributed by atoms with Gasteiger partial charge in [0, 0.05) is 11.9 Å². The average molecular weight is 349 g/mol. The molecule has 2 rings (SSSR count). The van der Waals surface area contributed by atoms with E-state index in [9.17, 15) is 14.0 Å². The minimum absolute atomic E-state index is 0.0231. The lowest BCUT2D eigenvalue weighted by molar-refractivity contribution is -0.123. The number of rotatable bonds is 7. The minimum Gasteiger partial charge on any atom is -0.448 e. The first kappa shape index (κ1) is 17.6. The Morgan fingerprint density at radius 2 is 2.21 bits per heavy atom. The van der Waals surface area contributed by atoms with Crippen molar-refractivity contribution in [2.45, 2.75) is 13.0 Å². The number of amides is 1. The van der Waals surface area contributed by atoms with E-state index >= 15 is 0 Å². The summed E-state index contributed by atoms with van der Waals surface area (Å²) in [5.41, 5.74) is 0.118. The van der Waals surface area contributed by atoms with Crippen LogP contribution in [0.3, 0.4) is 0 Å². The van der Waals surface area contributed by atoms with Crippen molar-refractivity contribution in [1.82, 2.24) is 4.98 Å². The molecule has 6 nitrogen and oxygen atoms in total. The Kier molecular flexibility index (Phi) is 6.02. The van der Waals surface area contributed by atoms with Gasteiger partial charge in [0.05, 0.1) is 5.69 Å². The average Bonchev–Trinajstić information content (AvgIpc) is 3.04. The smallest absolute Gasteiger partial charge is 0.358 e. The summed E-state index contributed by atoms with van der Waals surface area (Å²) >= 11 is 1.24. The normalized spacial score (nSPS) is 11.4. The summed E-state index contributed by atoms with van der Waals surface area (Å²) in [6, 6.07) is 5.73. The van der Waals surface area contributed by atoms with E-state index in [0.717, 1.165) is 0 Å². The maximum Gasteiger partial charge on any atom is 0.358 e. The van der Waals surface area contributed by atoms with Gasteiger partial charge in [-0.05, 0) is 19.1 Å². The van der Waals surface area contributed by atoms with Crippen LogP contribution in [0.2, 0.25) is 0 Å². The third-order valence-corrected chi connectivity index (χ3v) is 3.70. The van der Waals surface area contributed by atoms with Crippen molar-refractivity contribution in [1.29, 1.82) is 0 Å². The quantitative estimate of drug-likeness (QED) is 0.593. The van der Waals surface area contributed by atoms with Crippen LogP contribution in [0.4, 0.5) is 15.2 Å². The van der Waals surface area contributed by atoms with Crippen molar-refractivity contribution in [2.24, 2.45) is 0 Å². The zero-order chi connectivity index (χ0) is 17.5. The first-order valence-electron chi connectivity index (χ1n) is 7.08. The highest BCUT2D eigenvalue weighted by Gasteiger charge is 2.21. The van der Waals surface area contributed by atoms with Crippen LogP contribution in [-0.2, 0) is 9.53 Å². The molecule has 2 aromatic rings. The Morgan fingerprint density at radius 1 is 1.46 bits per heavy atom. The molecule has 1 aromatic heterocycles. The van der Waals surface area contributed by atoms with Crippen molar-refractivity contribution in [2.75, 3.05) is 17.2 Å². The van der Waals surface area contributed by atoms with Crippen LogP contribution < -0.4 is 10.6 Å². The molecular weight excluding hydrogens is 333 g/mol. The molecule has 0 aliphatic heterocycles. The van der Waals surface area contributed by atoms with E-state index in [2.05, 4.69) is 22.2 Å². The highest BCUT2D eigenvalue weighted by atomic mass is 32.1. The molecule has 1 heterocycles. The van der Waals surface area contributed by atoms with Crippen molar-refractivity contribution < 1.29 is 18.7 Å². The lowest BCUT2D eigenvalue weighted by Gasteiger charge is -2.13. The van der Waals surface area contributed by atoms with Crippen molar-refractivity contribution in [3.8, 4) is 0 Å². The minimum atomic E-state index is -1.09. The van der Waals surface area contributed by atoms with Gasteiger partial charge >= 0.3 is 5.97 Å². The molecule has 0 radical (unpaired) electrons. The van der Waals surface area contributed by atoms with Gasteiger partial charge in [0.1, 0.15) is 5.82 Å². The zero-order valence-corrected chi connectivity index (χ0v) is 13.7. The van der Waals surface area contributed by atoms with Gasteiger partial charge in [-0.15, -0.1) is 17.9 Å². The van der Waals surface area contributed by atoms with Gasteiger partial charge in [-0.2, -0.15) is 0 Å². The molecule has 24 heavy (non-hydrogen) atoms. The number of nitrogens with zero attached hydrogens (tertiary/aromatic N) is 1. The summed E-state index contributed by atoms with van der Waals surface area (Å²) in [6.07, 6.45) is 0.567. The summed E-state index contributed by atoms with van der Waals surface area (Å²) in [6.45, 7) is 5.49. The van der Waals surface area contributed by atoms with Crippen LogP contribution in [0.5, 0.6) is 0 Å². The molecule has 0 bridgehead atoms. The Hall–Kier alpha value is -2.74. The Bertz CT molecular complexity index is 748. The number of aromatic nitrogens is 1. The van der Waals surface area contributed by atoms with Gasteiger partial charge in [0.15, 0.2) is 16.9 Å². The van der Waals surface area contributed by atoms with Crippen molar-refractivity contribution in [3.63, 3.8) is 0 Å². The molecule has 1 amide bonds. The number of thiazole rings is 1. The highest BCUT2D eigenvalue weighted by Crippen LogP contribution is 2.17. The van der Waals surface area contributed by atoms with Crippen LogP contribution >= 0.6 is 11.3 Å². The lowest BCUT2D eigenvalue weighted by atomic mass is 10.3. The van der Waals surface area contributed by atoms with Crippen LogP contribution in [0.25, 0.3) is 0 Å². The maximum absolute atomic E-state index is 13.5. The zero-order valence-electron chi connectivity index (χ0n) is 12.9. The monoisotopic (exact) mass is 349 g/mol. The Labute approximate surface area is 142 Å². The van der Waals surface area contributed by atoms with Crippen LogP contribution in [0.15, 0.2) is 42.3 Å². The second kappa shape index (κ2) is 8.21. The number of hydrogen-bond donors (Lipinski definition) is 2. The first-order valence-corrected chi connectivity index (χ1v) is 7.96. The number of esters is 1. The number of para-hydroxylation sites is 1. The van der Waals surface area contributed by atoms with E-state index in [-0.39, 0.29) is 11.4 Å². The Morgan fingerprint density at radius 3 is 2.92 bits per heavy atom. The van der Waals surface area contributed by atoms with Crippen LogP contribution in [0.1, 0.15) is 17.4 Å². The molecule has 1 unspecified atom stereocenters. The fraction of sp³-hybridized carbons (Fsp3) is 0.188. The molecule has 0 aliphatic rings. The molecule has 0 spiro atoms. The third kappa shape index (κ3) is 4.63. The Balaban J connectivity index is 1.93. The van der Waals surface area contributed by atoms with Gasteiger partial charge in [-0.1, -0.05) is 18.2 Å². The highest BCUT2D eigenvalue weighted by molar-refractivity contribution is 7.13. The van der Waals surface area contributed by atoms with E-state index in [1.807, 2.05) is 0 Å². The first-order chi connectivity index (χ1) is 11.5. The molecule has 1 atom stereocenters. The van der Waals surface area contributed by atoms with Crippen LogP contribution in [0, 0.1) is 5.82 Å². The predicted octanol–water partition coefficient (Wildman–Crippen LogP) is 3.06. The van der Waals surface area contributed by atoms with Gasteiger partial charge in [-0.25, -0.2) is 14.2 Å². The largest absolute Gasteiger partial charge is 0.448 e. The SMILES string of the molecule is C=CCNc1nc(C(=O)OC(C)C(=O)Nc2ccccc2F)cs1.